The second kappa shape index (κ2) is 9.90. The average Bonchev–Trinajstić information content (AvgIpc) is 2.84. The largest absolute Gasteiger partial charge is 0.367 e. The van der Waals surface area contributed by atoms with Crippen molar-refractivity contribution in [1.29, 1.82) is 0 Å². The van der Waals surface area contributed by atoms with Crippen molar-refractivity contribution >= 4 is 34.8 Å². The molecule has 1 saturated heterocycles. The van der Waals surface area contributed by atoms with Crippen LogP contribution in [-0.2, 0) is 4.79 Å². The summed E-state index contributed by atoms with van der Waals surface area (Å²) in [5, 5.41) is 3.51. The fourth-order valence-electron chi connectivity index (χ4n) is 4.11. The molecule has 34 heavy (non-hydrogen) atoms. The Hall–Kier alpha value is -3.31. The highest BCUT2D eigenvalue weighted by Gasteiger charge is 2.30. The first-order valence-electron chi connectivity index (χ1n) is 11.5. The quantitative estimate of drug-likeness (QED) is 0.507. The van der Waals surface area contributed by atoms with Gasteiger partial charge in [-0.15, -0.1) is 0 Å². The van der Waals surface area contributed by atoms with Crippen molar-refractivity contribution in [1.82, 2.24) is 4.90 Å². The van der Waals surface area contributed by atoms with Gasteiger partial charge in [-0.2, -0.15) is 0 Å². The molecule has 4 rings (SSSR count). The van der Waals surface area contributed by atoms with E-state index >= 15 is 0 Å². The van der Waals surface area contributed by atoms with Gasteiger partial charge in [0.2, 0.25) is 5.91 Å². The first-order valence-corrected chi connectivity index (χ1v) is 11.9. The van der Waals surface area contributed by atoms with E-state index in [1.54, 1.807) is 6.07 Å². The molecule has 0 saturated carbocycles. The number of halogens is 1. The van der Waals surface area contributed by atoms with E-state index in [1.165, 1.54) is 0 Å². The van der Waals surface area contributed by atoms with Gasteiger partial charge in [0, 0.05) is 42.8 Å². The van der Waals surface area contributed by atoms with Gasteiger partial charge in [0.1, 0.15) is 0 Å². The second-order valence-corrected chi connectivity index (χ2v) is 10.0. The highest BCUT2D eigenvalue weighted by atomic mass is 35.5. The third-order valence-electron chi connectivity index (χ3n) is 6.01. The van der Waals surface area contributed by atoms with Crippen molar-refractivity contribution in [3.05, 3.63) is 83.4 Å². The van der Waals surface area contributed by atoms with E-state index < -0.39 is 0 Å². The molecule has 6 heteroatoms. The van der Waals surface area contributed by atoms with Crippen LogP contribution >= 0.6 is 11.6 Å². The Labute approximate surface area is 206 Å². The van der Waals surface area contributed by atoms with Crippen LogP contribution in [-0.4, -0.2) is 42.9 Å². The van der Waals surface area contributed by atoms with Crippen molar-refractivity contribution in [2.24, 2.45) is 5.41 Å². The van der Waals surface area contributed by atoms with Crippen molar-refractivity contribution < 1.29 is 9.59 Å². The standard InChI is InChI=1S/C28H30ClN3O2/c1-28(2,3)27(34)32-17-15-31(16-18-32)25-14-13-23(19-24(25)29)30-26(33)22-11-9-21(10-12-22)20-7-5-4-6-8-20/h4-14,19H,15-18H2,1-3H3,(H,30,33). The third-order valence-corrected chi connectivity index (χ3v) is 6.31. The minimum absolute atomic E-state index is 0.174. The number of nitrogens with zero attached hydrogens (tertiary/aromatic N) is 2. The van der Waals surface area contributed by atoms with Gasteiger partial charge >= 0.3 is 0 Å². The lowest BCUT2D eigenvalue weighted by molar-refractivity contribution is -0.139. The lowest BCUT2D eigenvalue weighted by atomic mass is 9.94. The molecule has 5 nitrogen and oxygen atoms in total. The molecule has 3 aromatic carbocycles. The zero-order valence-corrected chi connectivity index (χ0v) is 20.6. The van der Waals surface area contributed by atoms with Crippen LogP contribution in [0.4, 0.5) is 11.4 Å². The van der Waals surface area contributed by atoms with Crippen molar-refractivity contribution in [2.75, 3.05) is 36.4 Å². The third kappa shape index (κ3) is 5.42. The molecule has 0 unspecified atom stereocenters. The van der Waals surface area contributed by atoms with Crippen molar-refractivity contribution in [2.45, 2.75) is 20.8 Å². The predicted molar refractivity (Wildman–Crippen MR) is 140 cm³/mol. The number of anilines is 2. The van der Waals surface area contributed by atoms with Gasteiger partial charge in [-0.05, 0) is 41.5 Å². The van der Waals surface area contributed by atoms with E-state index in [9.17, 15) is 9.59 Å². The Kier molecular flexibility index (Phi) is 6.94. The minimum Gasteiger partial charge on any atom is -0.367 e. The maximum Gasteiger partial charge on any atom is 0.255 e. The number of nitrogens with one attached hydrogen (secondary N) is 1. The van der Waals surface area contributed by atoms with E-state index in [-0.39, 0.29) is 17.2 Å². The van der Waals surface area contributed by atoms with E-state index in [0.717, 1.165) is 29.9 Å². The second-order valence-electron chi connectivity index (χ2n) is 9.59. The van der Waals surface area contributed by atoms with Gasteiger partial charge in [0.15, 0.2) is 0 Å². The van der Waals surface area contributed by atoms with Crippen LogP contribution in [0.25, 0.3) is 11.1 Å². The topological polar surface area (TPSA) is 52.7 Å². The summed E-state index contributed by atoms with van der Waals surface area (Å²) in [6.07, 6.45) is 0. The predicted octanol–water partition coefficient (Wildman–Crippen LogP) is 5.95. The molecule has 2 amide bonds. The van der Waals surface area contributed by atoms with Gasteiger partial charge in [-0.25, -0.2) is 0 Å². The zero-order valence-electron chi connectivity index (χ0n) is 19.8. The molecule has 0 atom stereocenters. The molecule has 1 fully saturated rings. The molecule has 1 N–H and O–H groups in total. The van der Waals surface area contributed by atoms with Crippen LogP contribution < -0.4 is 10.2 Å². The van der Waals surface area contributed by atoms with Gasteiger partial charge in [-0.3, -0.25) is 9.59 Å². The average molecular weight is 476 g/mol. The van der Waals surface area contributed by atoms with E-state index in [0.29, 0.717) is 29.4 Å². The molecule has 0 bridgehead atoms. The maximum atomic E-state index is 12.7. The molecule has 1 aliphatic rings. The number of piperazine rings is 1. The van der Waals surface area contributed by atoms with Gasteiger partial charge in [-0.1, -0.05) is 74.8 Å². The first-order chi connectivity index (χ1) is 16.2. The molecule has 176 valence electrons. The number of rotatable bonds is 4. The van der Waals surface area contributed by atoms with Crippen LogP contribution in [0.15, 0.2) is 72.8 Å². The summed E-state index contributed by atoms with van der Waals surface area (Å²) in [7, 11) is 0. The van der Waals surface area contributed by atoms with Crippen LogP contribution in [0.2, 0.25) is 5.02 Å². The Balaban J connectivity index is 1.38. The number of benzene rings is 3. The summed E-state index contributed by atoms with van der Waals surface area (Å²) in [5.41, 5.74) is 3.94. The molecule has 3 aromatic rings. The van der Waals surface area contributed by atoms with E-state index in [2.05, 4.69) is 10.2 Å². The highest BCUT2D eigenvalue weighted by molar-refractivity contribution is 6.33. The molecular formula is C28H30ClN3O2. The molecule has 0 aliphatic carbocycles. The molecular weight excluding hydrogens is 446 g/mol. The van der Waals surface area contributed by atoms with Gasteiger partial charge in [0.25, 0.3) is 5.91 Å². The normalized spacial score (nSPS) is 14.1. The fourth-order valence-corrected chi connectivity index (χ4v) is 4.41. The molecule has 0 aromatic heterocycles. The SMILES string of the molecule is CC(C)(C)C(=O)N1CCN(c2ccc(NC(=O)c3ccc(-c4ccccc4)cc3)cc2Cl)CC1. The monoisotopic (exact) mass is 475 g/mol. The smallest absolute Gasteiger partial charge is 0.255 e. The minimum atomic E-state index is -0.373. The van der Waals surface area contributed by atoms with Crippen LogP contribution in [0, 0.1) is 5.41 Å². The summed E-state index contributed by atoms with van der Waals surface area (Å²) in [6, 6.07) is 23.2. The van der Waals surface area contributed by atoms with Crippen molar-refractivity contribution in [3.63, 3.8) is 0 Å². The summed E-state index contributed by atoms with van der Waals surface area (Å²) < 4.78 is 0. The lowest BCUT2D eigenvalue weighted by Crippen LogP contribution is -2.51. The maximum absolute atomic E-state index is 12.7. The Morgan fingerprint density at radius 1 is 0.824 bits per heavy atom. The Morgan fingerprint density at radius 3 is 2.03 bits per heavy atom. The van der Waals surface area contributed by atoms with Crippen molar-refractivity contribution in [3.8, 4) is 11.1 Å². The van der Waals surface area contributed by atoms with Crippen LogP contribution in [0.3, 0.4) is 0 Å². The van der Waals surface area contributed by atoms with Crippen LogP contribution in [0.5, 0.6) is 0 Å². The molecule has 1 heterocycles. The van der Waals surface area contributed by atoms with Crippen LogP contribution in [0.1, 0.15) is 31.1 Å². The van der Waals surface area contributed by atoms with E-state index in [1.807, 2.05) is 92.4 Å². The fraction of sp³-hybridized carbons (Fsp3) is 0.286. The summed E-state index contributed by atoms with van der Waals surface area (Å²) in [4.78, 5) is 29.4. The Morgan fingerprint density at radius 2 is 1.44 bits per heavy atom. The van der Waals surface area contributed by atoms with Gasteiger partial charge in [0.05, 0.1) is 10.7 Å². The lowest BCUT2D eigenvalue weighted by Gasteiger charge is -2.39. The summed E-state index contributed by atoms with van der Waals surface area (Å²) >= 11 is 6.58. The molecule has 1 aliphatic heterocycles. The Bertz CT molecular complexity index is 1160. The van der Waals surface area contributed by atoms with E-state index in [4.69, 9.17) is 11.6 Å². The summed E-state index contributed by atoms with van der Waals surface area (Å²) in [6.45, 7) is 8.63. The molecule has 0 radical (unpaired) electrons. The number of amides is 2. The number of hydrogen-bond donors (Lipinski definition) is 1. The first kappa shape index (κ1) is 23.8. The number of carbonyl (C=O) groups excluding carboxylic acids is 2. The molecule has 0 spiro atoms. The van der Waals surface area contributed by atoms with Gasteiger partial charge < -0.3 is 15.1 Å². The summed E-state index contributed by atoms with van der Waals surface area (Å²) in [5.74, 6) is -0.00848. The number of hydrogen-bond acceptors (Lipinski definition) is 3. The number of carbonyl (C=O) groups is 2. The zero-order chi connectivity index (χ0) is 24.3. The highest BCUT2D eigenvalue weighted by Crippen LogP contribution is 2.30.